The van der Waals surface area contributed by atoms with Gasteiger partial charge in [-0.15, -0.1) is 0 Å². The minimum absolute atomic E-state index is 0.0975. The molecule has 1 unspecified atom stereocenters. The van der Waals surface area contributed by atoms with Gasteiger partial charge in [-0.25, -0.2) is 4.98 Å². The highest BCUT2D eigenvalue weighted by molar-refractivity contribution is 5.81. The van der Waals surface area contributed by atoms with Crippen molar-refractivity contribution in [3.63, 3.8) is 0 Å². The number of imidazole rings is 1. The number of hydrogen-bond acceptors (Lipinski definition) is 3. The molecule has 19 heavy (non-hydrogen) atoms. The SMILES string of the molecule is Cn1ccnc1CC(N)c1cccc2cccnc12. The first-order chi connectivity index (χ1) is 9.25. The molecule has 2 aromatic heterocycles. The van der Waals surface area contributed by atoms with Gasteiger partial charge in [0, 0.05) is 43.5 Å². The highest BCUT2D eigenvalue weighted by Gasteiger charge is 2.13. The lowest BCUT2D eigenvalue weighted by Gasteiger charge is -2.13. The number of nitrogens with two attached hydrogens (primary N) is 1. The third-order valence-electron chi connectivity index (χ3n) is 3.39. The summed E-state index contributed by atoms with van der Waals surface area (Å²) in [5.41, 5.74) is 8.38. The van der Waals surface area contributed by atoms with Crippen molar-refractivity contribution in [1.29, 1.82) is 0 Å². The van der Waals surface area contributed by atoms with Crippen molar-refractivity contribution in [2.75, 3.05) is 0 Å². The van der Waals surface area contributed by atoms with Crippen LogP contribution in [0, 0.1) is 0 Å². The van der Waals surface area contributed by atoms with Crippen molar-refractivity contribution < 1.29 is 0 Å². The zero-order valence-electron chi connectivity index (χ0n) is 10.8. The van der Waals surface area contributed by atoms with Gasteiger partial charge in [0.05, 0.1) is 5.52 Å². The molecule has 0 saturated heterocycles. The second-order valence-corrected chi connectivity index (χ2v) is 4.69. The van der Waals surface area contributed by atoms with Gasteiger partial charge in [-0.2, -0.15) is 0 Å². The van der Waals surface area contributed by atoms with E-state index in [1.807, 2.05) is 36.0 Å². The van der Waals surface area contributed by atoms with Gasteiger partial charge < -0.3 is 10.3 Å². The van der Waals surface area contributed by atoms with Crippen LogP contribution < -0.4 is 5.73 Å². The number of fused-ring (bicyclic) bond motifs is 1. The Morgan fingerprint density at radius 1 is 1.16 bits per heavy atom. The molecule has 0 bridgehead atoms. The smallest absolute Gasteiger partial charge is 0.110 e. The number of aryl methyl sites for hydroxylation is 1. The van der Waals surface area contributed by atoms with Crippen molar-refractivity contribution in [2.24, 2.45) is 12.8 Å². The fourth-order valence-electron chi connectivity index (χ4n) is 2.33. The maximum Gasteiger partial charge on any atom is 0.110 e. The third kappa shape index (κ3) is 2.22. The summed E-state index contributed by atoms with van der Waals surface area (Å²) in [6.07, 6.45) is 6.24. The molecular formula is C15H16N4. The Kier molecular flexibility index (Phi) is 3.01. The predicted molar refractivity (Wildman–Crippen MR) is 75.6 cm³/mol. The van der Waals surface area contributed by atoms with E-state index in [0.717, 1.165) is 22.3 Å². The zero-order valence-corrected chi connectivity index (χ0v) is 10.8. The first-order valence-corrected chi connectivity index (χ1v) is 6.31. The van der Waals surface area contributed by atoms with Gasteiger partial charge in [-0.3, -0.25) is 4.98 Å². The molecule has 3 rings (SSSR count). The fourth-order valence-corrected chi connectivity index (χ4v) is 2.33. The standard InChI is InChI=1S/C15H16N4/c1-19-9-8-17-14(19)10-13(16)12-6-2-4-11-5-3-7-18-15(11)12/h2-9,13H,10,16H2,1H3. The summed E-state index contributed by atoms with van der Waals surface area (Å²) in [6.45, 7) is 0. The largest absolute Gasteiger partial charge is 0.338 e. The molecule has 2 heterocycles. The Morgan fingerprint density at radius 2 is 2.00 bits per heavy atom. The number of pyridine rings is 1. The van der Waals surface area contributed by atoms with Gasteiger partial charge in [-0.05, 0) is 11.6 Å². The van der Waals surface area contributed by atoms with Crippen LogP contribution in [0.15, 0.2) is 48.9 Å². The Bertz CT molecular complexity index is 697. The normalized spacial score (nSPS) is 12.7. The molecule has 4 nitrogen and oxygen atoms in total. The maximum atomic E-state index is 6.33. The first-order valence-electron chi connectivity index (χ1n) is 6.31. The van der Waals surface area contributed by atoms with Gasteiger partial charge in [-0.1, -0.05) is 24.3 Å². The van der Waals surface area contributed by atoms with Crippen LogP contribution in [-0.4, -0.2) is 14.5 Å². The molecule has 0 amide bonds. The van der Waals surface area contributed by atoms with Crippen molar-refractivity contribution in [3.05, 3.63) is 60.3 Å². The van der Waals surface area contributed by atoms with E-state index >= 15 is 0 Å². The molecule has 0 aliphatic carbocycles. The van der Waals surface area contributed by atoms with Crippen molar-refractivity contribution >= 4 is 10.9 Å². The van der Waals surface area contributed by atoms with E-state index in [1.165, 1.54) is 0 Å². The molecule has 0 aliphatic heterocycles. The van der Waals surface area contributed by atoms with Crippen molar-refractivity contribution in [3.8, 4) is 0 Å². The van der Waals surface area contributed by atoms with Gasteiger partial charge in [0.15, 0.2) is 0 Å². The van der Waals surface area contributed by atoms with Crippen LogP contribution in [0.2, 0.25) is 0 Å². The average Bonchev–Trinajstić information content (AvgIpc) is 2.83. The van der Waals surface area contributed by atoms with E-state index < -0.39 is 0 Å². The Labute approximate surface area is 111 Å². The van der Waals surface area contributed by atoms with Crippen molar-refractivity contribution in [1.82, 2.24) is 14.5 Å². The monoisotopic (exact) mass is 252 g/mol. The highest BCUT2D eigenvalue weighted by atomic mass is 15.0. The van der Waals surface area contributed by atoms with E-state index in [4.69, 9.17) is 5.73 Å². The van der Waals surface area contributed by atoms with Crippen LogP contribution in [0.25, 0.3) is 10.9 Å². The summed E-state index contributed by atoms with van der Waals surface area (Å²) in [4.78, 5) is 8.77. The average molecular weight is 252 g/mol. The lowest BCUT2D eigenvalue weighted by Crippen LogP contribution is -2.16. The molecule has 4 heteroatoms. The summed E-state index contributed by atoms with van der Waals surface area (Å²) >= 11 is 0. The molecule has 0 aliphatic rings. The summed E-state index contributed by atoms with van der Waals surface area (Å²) in [6, 6.07) is 10.0. The number of aromatic nitrogens is 3. The molecule has 3 aromatic rings. The molecule has 96 valence electrons. The van der Waals surface area contributed by atoms with Crippen molar-refractivity contribution in [2.45, 2.75) is 12.5 Å². The quantitative estimate of drug-likeness (QED) is 0.777. The maximum absolute atomic E-state index is 6.33. The molecule has 1 aromatic carbocycles. The Hall–Kier alpha value is -2.20. The minimum atomic E-state index is -0.0975. The van der Waals surface area contributed by atoms with E-state index in [0.29, 0.717) is 6.42 Å². The molecule has 0 fully saturated rings. The molecule has 2 N–H and O–H groups in total. The van der Waals surface area contributed by atoms with Crippen LogP contribution in [0.3, 0.4) is 0 Å². The Balaban J connectivity index is 1.98. The fraction of sp³-hybridized carbons (Fsp3) is 0.200. The lowest BCUT2D eigenvalue weighted by atomic mass is 10.0. The molecule has 0 radical (unpaired) electrons. The lowest BCUT2D eigenvalue weighted by molar-refractivity contribution is 0.662. The zero-order chi connectivity index (χ0) is 13.2. The van der Waals surface area contributed by atoms with Crippen LogP contribution in [0.4, 0.5) is 0 Å². The van der Waals surface area contributed by atoms with Crippen LogP contribution in [-0.2, 0) is 13.5 Å². The molecule has 0 saturated carbocycles. The van der Waals surface area contributed by atoms with Gasteiger partial charge >= 0.3 is 0 Å². The molecular weight excluding hydrogens is 236 g/mol. The highest BCUT2D eigenvalue weighted by Crippen LogP contribution is 2.23. The number of para-hydroxylation sites is 1. The minimum Gasteiger partial charge on any atom is -0.338 e. The van der Waals surface area contributed by atoms with E-state index in [9.17, 15) is 0 Å². The molecule has 1 atom stereocenters. The summed E-state index contributed by atoms with van der Waals surface area (Å²) < 4.78 is 2.00. The third-order valence-corrected chi connectivity index (χ3v) is 3.39. The van der Waals surface area contributed by atoms with Gasteiger partial charge in [0.25, 0.3) is 0 Å². The van der Waals surface area contributed by atoms with Crippen LogP contribution >= 0.6 is 0 Å². The van der Waals surface area contributed by atoms with Crippen LogP contribution in [0.5, 0.6) is 0 Å². The van der Waals surface area contributed by atoms with Gasteiger partial charge in [0.2, 0.25) is 0 Å². The second kappa shape index (κ2) is 4.82. The first kappa shape index (κ1) is 11.9. The number of benzene rings is 1. The number of hydrogen-bond donors (Lipinski definition) is 1. The van der Waals surface area contributed by atoms with E-state index in [2.05, 4.69) is 22.1 Å². The second-order valence-electron chi connectivity index (χ2n) is 4.69. The van der Waals surface area contributed by atoms with Gasteiger partial charge in [0.1, 0.15) is 5.82 Å². The van der Waals surface area contributed by atoms with E-state index in [1.54, 1.807) is 12.4 Å². The molecule has 0 spiro atoms. The number of rotatable bonds is 3. The summed E-state index contributed by atoms with van der Waals surface area (Å²) in [5.74, 6) is 0.987. The predicted octanol–water partition coefficient (Wildman–Crippen LogP) is 2.21. The Morgan fingerprint density at radius 3 is 2.79 bits per heavy atom. The summed E-state index contributed by atoms with van der Waals surface area (Å²) in [7, 11) is 1.98. The summed E-state index contributed by atoms with van der Waals surface area (Å²) in [5, 5.41) is 1.12. The number of nitrogens with zero attached hydrogens (tertiary/aromatic N) is 3. The van der Waals surface area contributed by atoms with E-state index in [-0.39, 0.29) is 6.04 Å². The van der Waals surface area contributed by atoms with Crippen LogP contribution in [0.1, 0.15) is 17.4 Å². The topological polar surface area (TPSA) is 56.7 Å².